The maximum atomic E-state index is 2.54. The first kappa shape index (κ1) is 33.7. The minimum atomic E-state index is 0.453. The molecule has 0 bridgehead atoms. The van der Waals surface area contributed by atoms with Crippen LogP contribution in [0.5, 0.6) is 0 Å². The zero-order valence-corrected chi connectivity index (χ0v) is 32.6. The monoisotopic (exact) mass is 715 g/mol. The fourth-order valence-corrected chi connectivity index (χ4v) is 9.84. The van der Waals surface area contributed by atoms with Gasteiger partial charge in [-0.25, -0.2) is 0 Å². The Morgan fingerprint density at radius 3 is 1.31 bits per heavy atom. The van der Waals surface area contributed by atoms with Crippen LogP contribution >= 0.6 is 0 Å². The van der Waals surface area contributed by atoms with Crippen LogP contribution in [-0.2, 0) is 0 Å². The molecular weight excluding hydrogens is 667 g/mol. The largest absolute Gasteiger partial charge is 0.310 e. The minimum Gasteiger partial charge on any atom is -0.310 e. The predicted molar refractivity (Wildman–Crippen MR) is 237 cm³/mol. The summed E-state index contributed by atoms with van der Waals surface area (Å²) in [5, 5.41) is 7.65. The predicted octanol–water partition coefficient (Wildman–Crippen LogP) is 14.4. The third-order valence-corrected chi connectivity index (χ3v) is 12.6. The molecular formula is C52H49N3. The van der Waals surface area contributed by atoms with Gasteiger partial charge in [0.05, 0.1) is 33.1 Å². The van der Waals surface area contributed by atoms with Crippen LogP contribution in [0.2, 0.25) is 0 Å². The molecule has 9 aromatic rings. The second kappa shape index (κ2) is 13.2. The van der Waals surface area contributed by atoms with Gasteiger partial charge in [-0.15, -0.1) is 0 Å². The molecule has 3 heteroatoms. The van der Waals surface area contributed by atoms with Crippen LogP contribution in [0.25, 0.3) is 82.5 Å². The summed E-state index contributed by atoms with van der Waals surface area (Å²) < 4.78 is 7.41. The van der Waals surface area contributed by atoms with Gasteiger partial charge < -0.3 is 13.7 Å². The molecule has 55 heavy (non-hydrogen) atoms. The Balaban J connectivity index is 1.18. The molecule has 3 atom stereocenters. The van der Waals surface area contributed by atoms with E-state index in [1.54, 1.807) is 0 Å². The lowest BCUT2D eigenvalue weighted by Gasteiger charge is -2.30. The summed E-state index contributed by atoms with van der Waals surface area (Å²) in [5.74, 6) is 3.15. The Hall–Kier alpha value is -5.80. The van der Waals surface area contributed by atoms with Gasteiger partial charge in [-0.05, 0) is 109 Å². The average molecular weight is 716 g/mol. The average Bonchev–Trinajstić information content (AvgIpc) is 3.83. The van der Waals surface area contributed by atoms with Crippen molar-refractivity contribution in [1.82, 2.24) is 13.7 Å². The molecule has 6 aromatic carbocycles. The highest BCUT2D eigenvalue weighted by Gasteiger charge is 2.26. The van der Waals surface area contributed by atoms with Crippen molar-refractivity contribution in [2.45, 2.75) is 47.5 Å². The smallest absolute Gasteiger partial charge is 0.0542 e. The van der Waals surface area contributed by atoms with Crippen LogP contribution < -0.4 is 0 Å². The lowest BCUT2D eigenvalue weighted by molar-refractivity contribution is 0.254. The van der Waals surface area contributed by atoms with Crippen molar-refractivity contribution in [1.29, 1.82) is 0 Å². The van der Waals surface area contributed by atoms with Crippen molar-refractivity contribution in [3.63, 3.8) is 0 Å². The van der Waals surface area contributed by atoms with Gasteiger partial charge >= 0.3 is 0 Å². The molecule has 0 radical (unpaired) electrons. The van der Waals surface area contributed by atoms with Crippen molar-refractivity contribution < 1.29 is 0 Å². The van der Waals surface area contributed by atoms with Crippen LogP contribution in [0.15, 0.2) is 152 Å². The van der Waals surface area contributed by atoms with Crippen LogP contribution in [0.1, 0.15) is 47.5 Å². The molecule has 3 heterocycles. The highest BCUT2D eigenvalue weighted by molar-refractivity contribution is 6.14. The first-order valence-corrected chi connectivity index (χ1v) is 20.3. The van der Waals surface area contributed by atoms with Crippen molar-refractivity contribution in [2.24, 2.45) is 29.6 Å². The van der Waals surface area contributed by atoms with Crippen LogP contribution in [0.4, 0.5) is 0 Å². The van der Waals surface area contributed by atoms with E-state index in [9.17, 15) is 0 Å². The number of aromatic nitrogens is 3. The number of para-hydroxylation sites is 4. The molecule has 0 amide bonds. The van der Waals surface area contributed by atoms with Gasteiger partial charge in [-0.3, -0.25) is 0 Å². The Bertz CT molecular complexity index is 2700. The van der Waals surface area contributed by atoms with E-state index in [0.717, 1.165) is 11.8 Å². The molecule has 0 aliphatic heterocycles. The number of fused-ring (bicyclic) bond motifs is 9. The normalized spacial score (nSPS) is 16.9. The van der Waals surface area contributed by atoms with Gasteiger partial charge in [0.1, 0.15) is 0 Å². The topological polar surface area (TPSA) is 14.8 Å². The summed E-state index contributed by atoms with van der Waals surface area (Å²) in [6.45, 7) is 12.0. The Morgan fingerprint density at radius 2 is 0.909 bits per heavy atom. The molecule has 3 aromatic heterocycles. The van der Waals surface area contributed by atoms with Gasteiger partial charge in [-0.2, -0.15) is 0 Å². The quantitative estimate of drug-likeness (QED) is 0.149. The van der Waals surface area contributed by atoms with Crippen molar-refractivity contribution in [3.05, 3.63) is 152 Å². The fourth-order valence-electron chi connectivity index (χ4n) is 9.84. The van der Waals surface area contributed by atoms with Crippen molar-refractivity contribution in [2.75, 3.05) is 0 Å². The third-order valence-electron chi connectivity index (χ3n) is 12.6. The maximum Gasteiger partial charge on any atom is 0.0542 e. The van der Waals surface area contributed by atoms with Gasteiger partial charge in [-0.1, -0.05) is 120 Å². The minimum absolute atomic E-state index is 0.453. The van der Waals surface area contributed by atoms with Crippen LogP contribution in [0.3, 0.4) is 0 Å². The summed E-state index contributed by atoms with van der Waals surface area (Å²) >= 11 is 0. The van der Waals surface area contributed by atoms with E-state index < -0.39 is 0 Å². The summed E-state index contributed by atoms with van der Waals surface area (Å²) in [6.07, 6.45) is 10.0. The Labute approximate surface area is 323 Å². The third kappa shape index (κ3) is 5.47. The molecule has 0 saturated heterocycles. The summed E-state index contributed by atoms with van der Waals surface area (Å²) in [4.78, 5) is 0. The van der Waals surface area contributed by atoms with Crippen LogP contribution in [-0.4, -0.2) is 13.7 Å². The number of rotatable bonds is 8. The standard InChI is InChI=1S/C52H49N3/c1-33(2)28-37(34(3)4)30-36-22-23-38(29-35(36)5)53-51-26-24-39(54-47-18-10-6-14-41(47)42-15-7-11-19-48(42)54)31-45(51)46-32-40(25-27-52(46)53)55-49-20-12-8-16-43(49)44-17-9-13-21-50(44)55/h6-27,29,31-37H,28,30H2,1-5H3. The first-order valence-electron chi connectivity index (χ1n) is 20.3. The van der Waals surface area contributed by atoms with E-state index in [-0.39, 0.29) is 0 Å². The molecule has 1 aliphatic rings. The highest BCUT2D eigenvalue weighted by atomic mass is 15.0. The van der Waals surface area contributed by atoms with Crippen LogP contribution in [0, 0.1) is 29.6 Å². The van der Waals surface area contributed by atoms with E-state index in [2.05, 4.69) is 200 Å². The Morgan fingerprint density at radius 1 is 0.491 bits per heavy atom. The number of allylic oxidation sites excluding steroid dienone is 4. The molecule has 3 nitrogen and oxygen atoms in total. The lowest BCUT2D eigenvalue weighted by atomic mass is 9.76. The molecule has 3 unspecified atom stereocenters. The molecule has 0 fully saturated rings. The SMILES string of the molecule is CC(C)CC(CC1C=CC(n2c3ccc(-n4c5ccccc5c5ccccc54)cc3c3cc(-n4c5ccccc5c5ccccc54)ccc32)=CC1C)C(C)C. The van der Waals surface area contributed by atoms with E-state index in [1.165, 1.54) is 95.3 Å². The van der Waals surface area contributed by atoms with Gasteiger partial charge in [0, 0.05) is 49.4 Å². The van der Waals surface area contributed by atoms with Gasteiger partial charge in [0.15, 0.2) is 0 Å². The Kier molecular flexibility index (Phi) is 8.10. The second-order valence-corrected chi connectivity index (χ2v) is 16.8. The number of hydrogen-bond donors (Lipinski definition) is 0. The van der Waals surface area contributed by atoms with E-state index in [4.69, 9.17) is 0 Å². The molecule has 0 N–H and O–H groups in total. The van der Waals surface area contributed by atoms with E-state index in [1.807, 2.05) is 0 Å². The van der Waals surface area contributed by atoms with Crippen molar-refractivity contribution >= 4 is 71.1 Å². The highest BCUT2D eigenvalue weighted by Crippen LogP contribution is 2.41. The summed E-state index contributed by atoms with van der Waals surface area (Å²) in [6, 6.07) is 49.5. The molecule has 10 rings (SSSR count). The lowest BCUT2D eigenvalue weighted by Crippen LogP contribution is -2.20. The zero-order chi connectivity index (χ0) is 37.4. The molecule has 272 valence electrons. The number of hydrogen-bond acceptors (Lipinski definition) is 0. The first-order chi connectivity index (χ1) is 26.9. The molecule has 0 saturated carbocycles. The van der Waals surface area contributed by atoms with Gasteiger partial charge in [0.25, 0.3) is 0 Å². The van der Waals surface area contributed by atoms with E-state index >= 15 is 0 Å². The molecule has 0 spiro atoms. The second-order valence-electron chi connectivity index (χ2n) is 16.8. The fraction of sp³-hybridized carbons (Fsp3) is 0.231. The maximum absolute atomic E-state index is 2.54. The van der Waals surface area contributed by atoms with E-state index in [0.29, 0.717) is 17.8 Å². The number of nitrogens with zero attached hydrogens (tertiary/aromatic N) is 3. The molecule has 1 aliphatic carbocycles. The zero-order valence-electron chi connectivity index (χ0n) is 32.6. The summed E-state index contributed by atoms with van der Waals surface area (Å²) in [7, 11) is 0. The van der Waals surface area contributed by atoms with Crippen molar-refractivity contribution in [3.8, 4) is 11.4 Å². The summed E-state index contributed by atoms with van der Waals surface area (Å²) in [5.41, 5.74) is 11.0. The van der Waals surface area contributed by atoms with Gasteiger partial charge in [0.2, 0.25) is 0 Å². The number of benzene rings is 6.